The van der Waals surface area contributed by atoms with E-state index >= 15 is 0 Å². The number of aryl methyl sites for hydroxylation is 2. The number of fused-ring (bicyclic) bond motifs is 1. The summed E-state index contributed by atoms with van der Waals surface area (Å²) in [6.45, 7) is 6.17. The maximum Gasteiger partial charge on any atom is 0.0485 e. The highest BCUT2D eigenvalue weighted by atomic mass is 15.0. The minimum atomic E-state index is 0.780. The van der Waals surface area contributed by atoms with Crippen LogP contribution in [0.3, 0.4) is 0 Å². The van der Waals surface area contributed by atoms with Gasteiger partial charge in [0, 0.05) is 36.1 Å². The van der Waals surface area contributed by atoms with Crippen molar-refractivity contribution in [2.75, 3.05) is 7.05 Å². The van der Waals surface area contributed by atoms with Crippen LogP contribution in [-0.4, -0.2) is 11.6 Å². The summed E-state index contributed by atoms with van der Waals surface area (Å²) in [6.07, 6.45) is 6.15. The van der Waals surface area contributed by atoms with Gasteiger partial charge in [-0.25, -0.2) is 0 Å². The van der Waals surface area contributed by atoms with Crippen LogP contribution in [0.2, 0.25) is 0 Å². The standard InChI is InChI=1S/C16H20N2/c1-5-6-9-18-13(3)12(2)15-10-14(11-17-4)7-8-16(15)18/h1,7-8,10,17H,6,9,11H2,2-4H3. The number of aromatic nitrogens is 1. The monoisotopic (exact) mass is 240 g/mol. The molecule has 0 amide bonds. The van der Waals surface area contributed by atoms with E-state index in [-0.39, 0.29) is 0 Å². The summed E-state index contributed by atoms with van der Waals surface area (Å²) in [6, 6.07) is 6.67. The second-order valence-corrected chi connectivity index (χ2v) is 4.70. The van der Waals surface area contributed by atoms with E-state index in [0.29, 0.717) is 0 Å². The van der Waals surface area contributed by atoms with Crippen molar-refractivity contribution in [2.24, 2.45) is 0 Å². The van der Waals surface area contributed by atoms with Gasteiger partial charge in [-0.15, -0.1) is 12.3 Å². The molecule has 0 unspecified atom stereocenters. The Balaban J connectivity index is 2.53. The zero-order valence-corrected chi connectivity index (χ0v) is 11.4. The first-order valence-corrected chi connectivity index (χ1v) is 6.35. The maximum absolute atomic E-state index is 5.37. The van der Waals surface area contributed by atoms with Crippen LogP contribution in [0.4, 0.5) is 0 Å². The molecule has 0 spiro atoms. The van der Waals surface area contributed by atoms with E-state index in [4.69, 9.17) is 6.42 Å². The van der Waals surface area contributed by atoms with Gasteiger partial charge in [0.25, 0.3) is 0 Å². The normalized spacial score (nSPS) is 10.8. The molecule has 0 aliphatic carbocycles. The van der Waals surface area contributed by atoms with Gasteiger partial charge in [-0.3, -0.25) is 0 Å². The van der Waals surface area contributed by atoms with Crippen molar-refractivity contribution in [1.29, 1.82) is 0 Å². The first-order valence-electron chi connectivity index (χ1n) is 6.35. The number of nitrogens with one attached hydrogen (secondary N) is 1. The minimum absolute atomic E-state index is 0.780. The zero-order valence-electron chi connectivity index (χ0n) is 11.4. The average Bonchev–Trinajstić information content (AvgIpc) is 2.61. The number of nitrogens with zero attached hydrogens (tertiary/aromatic N) is 1. The smallest absolute Gasteiger partial charge is 0.0485 e. The van der Waals surface area contributed by atoms with Gasteiger partial charge in [0.2, 0.25) is 0 Å². The Morgan fingerprint density at radius 1 is 1.33 bits per heavy atom. The molecule has 1 heterocycles. The van der Waals surface area contributed by atoms with Crippen molar-refractivity contribution in [2.45, 2.75) is 33.4 Å². The zero-order chi connectivity index (χ0) is 13.1. The predicted molar refractivity (Wildman–Crippen MR) is 77.6 cm³/mol. The van der Waals surface area contributed by atoms with Gasteiger partial charge in [0.15, 0.2) is 0 Å². The SMILES string of the molecule is C#CCCn1c(C)c(C)c2cc(CNC)ccc21. The molecule has 2 aromatic rings. The third-order valence-electron chi connectivity index (χ3n) is 3.56. The highest BCUT2D eigenvalue weighted by Crippen LogP contribution is 2.26. The van der Waals surface area contributed by atoms with Crippen molar-refractivity contribution in [1.82, 2.24) is 9.88 Å². The van der Waals surface area contributed by atoms with Crippen LogP contribution in [-0.2, 0) is 13.1 Å². The molecule has 94 valence electrons. The molecule has 1 aromatic carbocycles. The van der Waals surface area contributed by atoms with E-state index < -0.39 is 0 Å². The third kappa shape index (κ3) is 2.14. The molecule has 2 nitrogen and oxygen atoms in total. The topological polar surface area (TPSA) is 17.0 Å². The lowest BCUT2D eigenvalue weighted by Gasteiger charge is -2.06. The van der Waals surface area contributed by atoms with Crippen molar-refractivity contribution in [3.05, 3.63) is 35.0 Å². The van der Waals surface area contributed by atoms with Crippen molar-refractivity contribution >= 4 is 10.9 Å². The molecule has 0 fully saturated rings. The maximum atomic E-state index is 5.37. The molecule has 0 radical (unpaired) electrons. The molecule has 18 heavy (non-hydrogen) atoms. The Hall–Kier alpha value is -1.72. The number of benzene rings is 1. The van der Waals surface area contributed by atoms with Crippen molar-refractivity contribution in [3.8, 4) is 12.3 Å². The molecule has 2 heteroatoms. The van der Waals surface area contributed by atoms with Gasteiger partial charge in [0.1, 0.15) is 0 Å². The fourth-order valence-electron chi connectivity index (χ4n) is 2.48. The first kappa shape index (κ1) is 12.7. The molecule has 0 aliphatic rings. The summed E-state index contributed by atoms with van der Waals surface area (Å²) in [4.78, 5) is 0. The van der Waals surface area contributed by atoms with Gasteiger partial charge >= 0.3 is 0 Å². The number of terminal acetylenes is 1. The van der Waals surface area contributed by atoms with E-state index in [9.17, 15) is 0 Å². The second-order valence-electron chi connectivity index (χ2n) is 4.70. The molecular formula is C16H20N2. The Morgan fingerprint density at radius 2 is 2.11 bits per heavy atom. The fraction of sp³-hybridized carbons (Fsp3) is 0.375. The van der Waals surface area contributed by atoms with Gasteiger partial charge < -0.3 is 9.88 Å². The van der Waals surface area contributed by atoms with Crippen LogP contribution in [0.1, 0.15) is 23.2 Å². The van der Waals surface area contributed by atoms with Gasteiger partial charge in [-0.1, -0.05) is 6.07 Å². The van der Waals surface area contributed by atoms with E-state index in [1.807, 2.05) is 7.05 Å². The molecule has 0 aliphatic heterocycles. The molecule has 0 atom stereocenters. The van der Waals surface area contributed by atoms with Gasteiger partial charge in [0.05, 0.1) is 0 Å². The quantitative estimate of drug-likeness (QED) is 0.813. The van der Waals surface area contributed by atoms with Gasteiger partial charge in [-0.2, -0.15) is 0 Å². The summed E-state index contributed by atoms with van der Waals surface area (Å²) in [5.74, 6) is 2.72. The van der Waals surface area contributed by atoms with Crippen LogP contribution >= 0.6 is 0 Å². The molecule has 0 saturated carbocycles. The van der Waals surface area contributed by atoms with E-state index in [1.165, 1.54) is 27.7 Å². The molecule has 1 aromatic heterocycles. The van der Waals surface area contributed by atoms with Crippen LogP contribution < -0.4 is 5.32 Å². The van der Waals surface area contributed by atoms with Crippen LogP contribution in [0.5, 0.6) is 0 Å². The summed E-state index contributed by atoms with van der Waals surface area (Å²) in [7, 11) is 1.97. The predicted octanol–water partition coefficient (Wildman–Crippen LogP) is 3.00. The molecular weight excluding hydrogens is 220 g/mol. The lowest BCUT2D eigenvalue weighted by atomic mass is 10.1. The molecule has 1 N–H and O–H groups in total. The number of hydrogen-bond donors (Lipinski definition) is 1. The highest BCUT2D eigenvalue weighted by molar-refractivity contribution is 5.86. The number of rotatable bonds is 4. The lowest BCUT2D eigenvalue weighted by Crippen LogP contribution is -2.04. The summed E-state index contributed by atoms with van der Waals surface area (Å²) in [5.41, 5.74) is 5.30. The third-order valence-corrected chi connectivity index (χ3v) is 3.56. The Bertz CT molecular complexity index is 600. The second kappa shape index (κ2) is 5.29. The van der Waals surface area contributed by atoms with Crippen LogP contribution in [0.25, 0.3) is 10.9 Å². The largest absolute Gasteiger partial charge is 0.344 e. The van der Waals surface area contributed by atoms with E-state index in [2.05, 4.69) is 47.9 Å². The van der Waals surface area contributed by atoms with Crippen molar-refractivity contribution in [3.63, 3.8) is 0 Å². The fourth-order valence-corrected chi connectivity index (χ4v) is 2.48. The Labute approximate surface area is 109 Å². The Kier molecular flexibility index (Phi) is 3.74. The molecule has 0 bridgehead atoms. The van der Waals surface area contributed by atoms with Crippen LogP contribution in [0.15, 0.2) is 18.2 Å². The van der Waals surface area contributed by atoms with E-state index in [1.54, 1.807) is 0 Å². The summed E-state index contributed by atoms with van der Waals surface area (Å²) >= 11 is 0. The summed E-state index contributed by atoms with van der Waals surface area (Å²) < 4.78 is 2.33. The Morgan fingerprint density at radius 3 is 2.78 bits per heavy atom. The summed E-state index contributed by atoms with van der Waals surface area (Å²) in [5, 5.41) is 4.54. The average molecular weight is 240 g/mol. The lowest BCUT2D eigenvalue weighted by molar-refractivity contribution is 0.724. The first-order chi connectivity index (χ1) is 8.69. The highest BCUT2D eigenvalue weighted by Gasteiger charge is 2.10. The molecule has 2 rings (SSSR count). The van der Waals surface area contributed by atoms with Crippen molar-refractivity contribution < 1.29 is 0 Å². The van der Waals surface area contributed by atoms with E-state index in [0.717, 1.165) is 19.5 Å². The van der Waals surface area contributed by atoms with Gasteiger partial charge in [-0.05, 0) is 44.2 Å². The van der Waals surface area contributed by atoms with Crippen LogP contribution in [0, 0.1) is 26.2 Å². The number of hydrogen-bond acceptors (Lipinski definition) is 1. The minimum Gasteiger partial charge on any atom is -0.344 e. The molecule has 0 saturated heterocycles.